The van der Waals surface area contributed by atoms with Crippen molar-refractivity contribution < 1.29 is 8.42 Å². The predicted molar refractivity (Wildman–Crippen MR) is 90.6 cm³/mol. The van der Waals surface area contributed by atoms with E-state index in [0.29, 0.717) is 16.4 Å². The molecule has 0 unspecified atom stereocenters. The molecular formula is C13H12ClIN2O2S. The number of rotatable bonds is 3. The second-order valence-corrected chi connectivity index (χ2v) is 7.53. The molecule has 2 aromatic rings. The van der Waals surface area contributed by atoms with E-state index in [-0.39, 0.29) is 4.90 Å². The van der Waals surface area contributed by atoms with Gasteiger partial charge in [0.05, 0.1) is 10.6 Å². The highest BCUT2D eigenvalue weighted by molar-refractivity contribution is 14.1. The van der Waals surface area contributed by atoms with E-state index in [1.807, 2.05) is 29.5 Å². The van der Waals surface area contributed by atoms with Crippen LogP contribution in [-0.2, 0) is 10.0 Å². The third-order valence-corrected chi connectivity index (χ3v) is 5.23. The van der Waals surface area contributed by atoms with E-state index in [9.17, 15) is 8.42 Å². The zero-order valence-electron chi connectivity index (χ0n) is 10.5. The summed E-state index contributed by atoms with van der Waals surface area (Å²) < 4.78 is 27.8. The zero-order chi connectivity index (χ0) is 14.9. The Hall–Kier alpha value is -0.990. The molecule has 2 rings (SSSR count). The number of hydrogen-bond acceptors (Lipinski definition) is 3. The summed E-state index contributed by atoms with van der Waals surface area (Å²) in [5.74, 6) is 0. The summed E-state index contributed by atoms with van der Waals surface area (Å²) in [6.45, 7) is 1.82. The van der Waals surface area contributed by atoms with Crippen LogP contribution in [0.5, 0.6) is 0 Å². The molecule has 0 spiro atoms. The number of anilines is 2. The third kappa shape index (κ3) is 3.36. The Morgan fingerprint density at radius 2 is 1.90 bits per heavy atom. The first-order chi connectivity index (χ1) is 9.29. The van der Waals surface area contributed by atoms with Crippen LogP contribution in [0.4, 0.5) is 11.4 Å². The quantitative estimate of drug-likeness (QED) is 0.586. The molecule has 20 heavy (non-hydrogen) atoms. The van der Waals surface area contributed by atoms with Crippen molar-refractivity contribution in [3.05, 3.63) is 50.6 Å². The van der Waals surface area contributed by atoms with Crippen molar-refractivity contribution in [2.45, 2.75) is 11.8 Å². The molecule has 0 amide bonds. The van der Waals surface area contributed by atoms with Crippen LogP contribution >= 0.6 is 34.2 Å². The number of sulfonamides is 1. The van der Waals surface area contributed by atoms with Crippen LogP contribution in [0, 0.1) is 10.5 Å². The van der Waals surface area contributed by atoms with Crippen LogP contribution in [0.1, 0.15) is 5.56 Å². The lowest BCUT2D eigenvalue weighted by molar-refractivity contribution is 0.601. The molecule has 0 aliphatic rings. The number of hydrogen-bond donors (Lipinski definition) is 2. The first-order valence-corrected chi connectivity index (χ1v) is 8.57. The van der Waals surface area contributed by atoms with Crippen LogP contribution in [0.2, 0.25) is 5.02 Å². The largest absolute Gasteiger partial charge is 0.398 e. The molecule has 0 fully saturated rings. The van der Waals surface area contributed by atoms with Gasteiger partial charge in [0.25, 0.3) is 10.0 Å². The molecule has 0 saturated heterocycles. The van der Waals surface area contributed by atoms with Crippen molar-refractivity contribution in [3.63, 3.8) is 0 Å². The lowest BCUT2D eigenvalue weighted by Gasteiger charge is -2.11. The van der Waals surface area contributed by atoms with Crippen molar-refractivity contribution >= 4 is 55.6 Å². The second-order valence-electron chi connectivity index (χ2n) is 4.25. The molecule has 0 radical (unpaired) electrons. The smallest absolute Gasteiger partial charge is 0.262 e. The molecule has 3 N–H and O–H groups in total. The highest BCUT2D eigenvalue weighted by Gasteiger charge is 2.16. The van der Waals surface area contributed by atoms with Crippen LogP contribution in [-0.4, -0.2) is 8.42 Å². The molecule has 0 aromatic heterocycles. The SMILES string of the molecule is Cc1ccc(S(=O)(=O)Nc2ccc(Cl)cc2I)cc1N. The normalized spacial score (nSPS) is 11.3. The van der Waals surface area contributed by atoms with E-state index in [0.717, 1.165) is 9.13 Å². The molecule has 0 saturated carbocycles. The molecule has 0 aliphatic carbocycles. The van der Waals surface area contributed by atoms with Crippen LogP contribution in [0.15, 0.2) is 41.3 Å². The van der Waals surface area contributed by atoms with Gasteiger partial charge >= 0.3 is 0 Å². The number of nitrogens with one attached hydrogen (secondary N) is 1. The van der Waals surface area contributed by atoms with Crippen molar-refractivity contribution in [1.29, 1.82) is 0 Å². The Morgan fingerprint density at radius 3 is 2.50 bits per heavy atom. The van der Waals surface area contributed by atoms with E-state index in [1.165, 1.54) is 12.1 Å². The molecule has 0 atom stereocenters. The van der Waals surface area contributed by atoms with Gasteiger partial charge in [-0.1, -0.05) is 17.7 Å². The van der Waals surface area contributed by atoms with E-state index in [1.54, 1.807) is 24.3 Å². The van der Waals surface area contributed by atoms with Crippen molar-refractivity contribution in [1.82, 2.24) is 0 Å². The fraction of sp³-hybridized carbons (Fsp3) is 0.0769. The number of benzene rings is 2. The van der Waals surface area contributed by atoms with Gasteiger partial charge in [-0.3, -0.25) is 4.72 Å². The first-order valence-electron chi connectivity index (χ1n) is 5.63. The summed E-state index contributed by atoms with van der Waals surface area (Å²) in [7, 11) is -3.67. The van der Waals surface area contributed by atoms with Gasteiger partial charge in [0, 0.05) is 14.3 Å². The summed E-state index contributed by atoms with van der Waals surface area (Å²) in [6.07, 6.45) is 0. The van der Waals surface area contributed by atoms with E-state index in [2.05, 4.69) is 4.72 Å². The lowest BCUT2D eigenvalue weighted by Crippen LogP contribution is -2.14. The van der Waals surface area contributed by atoms with Gasteiger partial charge in [0.1, 0.15) is 0 Å². The minimum absolute atomic E-state index is 0.131. The fourth-order valence-electron chi connectivity index (χ4n) is 1.56. The number of nitrogen functional groups attached to an aromatic ring is 1. The predicted octanol–water partition coefficient (Wildman–Crippen LogP) is 3.64. The van der Waals surface area contributed by atoms with Gasteiger partial charge in [-0.15, -0.1) is 0 Å². The van der Waals surface area contributed by atoms with Gasteiger partial charge in [0.2, 0.25) is 0 Å². The Morgan fingerprint density at radius 1 is 1.20 bits per heavy atom. The molecule has 0 bridgehead atoms. The molecule has 4 nitrogen and oxygen atoms in total. The fourth-order valence-corrected chi connectivity index (χ4v) is 3.87. The van der Waals surface area contributed by atoms with Gasteiger partial charge in [-0.2, -0.15) is 0 Å². The van der Waals surface area contributed by atoms with Crippen molar-refractivity contribution in [3.8, 4) is 0 Å². The zero-order valence-corrected chi connectivity index (χ0v) is 14.3. The molecular weight excluding hydrogens is 411 g/mol. The Labute approximate surface area is 136 Å². The molecule has 2 aromatic carbocycles. The van der Waals surface area contributed by atoms with Gasteiger partial charge in [-0.05, 0) is 65.4 Å². The summed E-state index contributed by atoms with van der Waals surface area (Å²) in [5.41, 5.74) is 7.51. The molecule has 0 aliphatic heterocycles. The maximum Gasteiger partial charge on any atom is 0.262 e. The highest BCUT2D eigenvalue weighted by atomic mass is 127. The van der Waals surface area contributed by atoms with Crippen molar-refractivity contribution in [2.24, 2.45) is 0 Å². The summed E-state index contributed by atoms with van der Waals surface area (Å²) in [5, 5.41) is 0.553. The summed E-state index contributed by atoms with van der Waals surface area (Å²) >= 11 is 7.87. The van der Waals surface area contributed by atoms with E-state index < -0.39 is 10.0 Å². The molecule has 106 valence electrons. The summed E-state index contributed by atoms with van der Waals surface area (Å²) in [6, 6.07) is 9.59. The second kappa shape index (κ2) is 5.79. The first kappa shape index (κ1) is 15.4. The third-order valence-electron chi connectivity index (χ3n) is 2.74. The van der Waals surface area contributed by atoms with Gasteiger partial charge < -0.3 is 5.73 Å². The molecule has 0 heterocycles. The number of halogens is 2. The topological polar surface area (TPSA) is 72.2 Å². The Kier molecular flexibility index (Phi) is 4.46. The van der Waals surface area contributed by atoms with Crippen LogP contribution in [0.25, 0.3) is 0 Å². The van der Waals surface area contributed by atoms with Gasteiger partial charge in [0.15, 0.2) is 0 Å². The van der Waals surface area contributed by atoms with Crippen LogP contribution < -0.4 is 10.5 Å². The molecule has 7 heteroatoms. The average Bonchev–Trinajstić information content (AvgIpc) is 2.36. The minimum atomic E-state index is -3.67. The minimum Gasteiger partial charge on any atom is -0.398 e. The number of aryl methyl sites for hydroxylation is 1. The maximum atomic E-state index is 12.3. The lowest BCUT2D eigenvalue weighted by atomic mass is 10.2. The Bertz CT molecular complexity index is 763. The maximum absolute atomic E-state index is 12.3. The van der Waals surface area contributed by atoms with Crippen molar-refractivity contribution in [2.75, 3.05) is 10.5 Å². The highest BCUT2D eigenvalue weighted by Crippen LogP contribution is 2.25. The average molecular weight is 423 g/mol. The monoisotopic (exact) mass is 422 g/mol. The Balaban J connectivity index is 2.38. The van der Waals surface area contributed by atoms with E-state index >= 15 is 0 Å². The standard InChI is InChI=1S/C13H12ClIN2O2S/c1-8-2-4-10(7-12(8)16)20(18,19)17-13-5-3-9(14)6-11(13)15/h2-7,17H,16H2,1H3. The number of nitrogens with two attached hydrogens (primary N) is 1. The van der Waals surface area contributed by atoms with E-state index in [4.69, 9.17) is 17.3 Å². The van der Waals surface area contributed by atoms with Crippen LogP contribution in [0.3, 0.4) is 0 Å². The van der Waals surface area contributed by atoms with Gasteiger partial charge in [-0.25, -0.2) is 8.42 Å². The summed E-state index contributed by atoms with van der Waals surface area (Å²) in [4.78, 5) is 0.131.